The summed E-state index contributed by atoms with van der Waals surface area (Å²) in [6, 6.07) is 8.22. The van der Waals surface area contributed by atoms with Crippen molar-refractivity contribution >= 4 is 12.4 Å². The number of rotatable bonds is 3. The van der Waals surface area contributed by atoms with Crippen LogP contribution in [0.5, 0.6) is 5.75 Å². The first-order valence-electron chi connectivity index (χ1n) is 4.11. The monoisotopic (exact) mass is 201 g/mol. The molecule has 1 atom stereocenters. The molecular formula is C10H16ClNO. The van der Waals surface area contributed by atoms with Crippen LogP contribution in [0.3, 0.4) is 0 Å². The van der Waals surface area contributed by atoms with Crippen molar-refractivity contribution in [3.8, 4) is 5.75 Å². The van der Waals surface area contributed by atoms with E-state index in [0.29, 0.717) is 0 Å². The van der Waals surface area contributed by atoms with Crippen molar-refractivity contribution in [1.29, 1.82) is 0 Å². The van der Waals surface area contributed by atoms with E-state index in [0.717, 1.165) is 12.2 Å². The molecule has 0 spiro atoms. The number of methoxy groups -OCH3 is 1. The predicted octanol–water partition coefficient (Wildman–Crippen LogP) is 2.01. The molecule has 1 aromatic carbocycles. The number of hydrogen-bond donors (Lipinski definition) is 1. The molecule has 2 N–H and O–H groups in total. The molecule has 0 amide bonds. The van der Waals surface area contributed by atoms with E-state index >= 15 is 0 Å². The average Bonchev–Trinajstić information content (AvgIpc) is 2.05. The third kappa shape index (κ3) is 4.15. The fraction of sp³-hybridized carbons (Fsp3) is 0.400. The maximum atomic E-state index is 5.66. The van der Waals surface area contributed by atoms with Crippen LogP contribution >= 0.6 is 12.4 Å². The van der Waals surface area contributed by atoms with Gasteiger partial charge in [-0.05, 0) is 31.0 Å². The molecule has 0 fully saturated rings. The first-order chi connectivity index (χ1) is 5.72. The molecule has 74 valence electrons. The molecule has 1 aromatic rings. The predicted molar refractivity (Wildman–Crippen MR) is 57.6 cm³/mol. The normalized spacial score (nSPS) is 11.6. The zero-order valence-electron chi connectivity index (χ0n) is 7.99. The van der Waals surface area contributed by atoms with Crippen molar-refractivity contribution in [2.24, 2.45) is 5.73 Å². The highest BCUT2D eigenvalue weighted by atomic mass is 35.5. The summed E-state index contributed by atoms with van der Waals surface area (Å²) in [5.74, 6) is 0.892. The molecule has 0 saturated carbocycles. The molecule has 0 radical (unpaired) electrons. The highest BCUT2D eigenvalue weighted by Gasteiger charge is 1.97. The van der Waals surface area contributed by atoms with Gasteiger partial charge in [0.25, 0.3) is 0 Å². The van der Waals surface area contributed by atoms with Crippen LogP contribution in [0.1, 0.15) is 12.5 Å². The van der Waals surface area contributed by atoms with Gasteiger partial charge in [-0.1, -0.05) is 12.1 Å². The first kappa shape index (κ1) is 12.3. The van der Waals surface area contributed by atoms with Crippen molar-refractivity contribution in [1.82, 2.24) is 0 Å². The number of benzene rings is 1. The van der Waals surface area contributed by atoms with Crippen LogP contribution in [0, 0.1) is 0 Å². The zero-order chi connectivity index (χ0) is 8.97. The summed E-state index contributed by atoms with van der Waals surface area (Å²) in [5.41, 5.74) is 6.92. The second-order valence-electron chi connectivity index (χ2n) is 3.03. The van der Waals surface area contributed by atoms with Crippen LogP contribution in [0.4, 0.5) is 0 Å². The van der Waals surface area contributed by atoms with E-state index in [-0.39, 0.29) is 18.4 Å². The van der Waals surface area contributed by atoms with Crippen LogP contribution in [-0.2, 0) is 6.42 Å². The standard InChI is InChI=1S/C10H15NO.ClH/c1-8(11)7-9-3-5-10(12-2)6-4-9;/h3-6,8H,7,11H2,1-2H3;1H/t8-;/m1./s1. The van der Waals surface area contributed by atoms with E-state index in [1.165, 1.54) is 5.56 Å². The lowest BCUT2D eigenvalue weighted by atomic mass is 10.1. The van der Waals surface area contributed by atoms with E-state index in [1.807, 2.05) is 31.2 Å². The molecule has 13 heavy (non-hydrogen) atoms. The fourth-order valence-electron chi connectivity index (χ4n) is 1.13. The molecule has 1 rings (SSSR count). The summed E-state index contributed by atoms with van der Waals surface area (Å²) in [6.45, 7) is 2.00. The quantitative estimate of drug-likeness (QED) is 0.812. The van der Waals surface area contributed by atoms with Crippen molar-refractivity contribution in [3.63, 3.8) is 0 Å². The molecule has 0 saturated heterocycles. The molecule has 0 aliphatic rings. The van der Waals surface area contributed by atoms with E-state index in [1.54, 1.807) is 7.11 Å². The molecule has 0 heterocycles. The maximum Gasteiger partial charge on any atom is 0.118 e. The Labute approximate surface area is 85.5 Å². The highest BCUT2D eigenvalue weighted by Crippen LogP contribution is 2.11. The van der Waals surface area contributed by atoms with Crippen molar-refractivity contribution in [2.45, 2.75) is 19.4 Å². The van der Waals surface area contributed by atoms with E-state index in [4.69, 9.17) is 10.5 Å². The smallest absolute Gasteiger partial charge is 0.118 e. The second kappa shape index (κ2) is 5.84. The van der Waals surface area contributed by atoms with Crippen LogP contribution in [0.15, 0.2) is 24.3 Å². The van der Waals surface area contributed by atoms with Gasteiger partial charge >= 0.3 is 0 Å². The number of hydrogen-bond acceptors (Lipinski definition) is 2. The van der Waals surface area contributed by atoms with Crippen LogP contribution in [-0.4, -0.2) is 13.2 Å². The van der Waals surface area contributed by atoms with Crippen molar-refractivity contribution in [2.75, 3.05) is 7.11 Å². The zero-order valence-corrected chi connectivity index (χ0v) is 8.80. The van der Waals surface area contributed by atoms with Gasteiger partial charge in [0, 0.05) is 6.04 Å². The Hall–Kier alpha value is -0.730. The summed E-state index contributed by atoms with van der Waals surface area (Å²) in [7, 11) is 1.67. The topological polar surface area (TPSA) is 35.2 Å². The molecule has 2 nitrogen and oxygen atoms in total. The summed E-state index contributed by atoms with van der Waals surface area (Å²) in [5, 5.41) is 0. The van der Waals surface area contributed by atoms with Crippen molar-refractivity contribution < 1.29 is 4.74 Å². The molecule has 0 unspecified atom stereocenters. The maximum absolute atomic E-state index is 5.66. The van der Waals surface area contributed by atoms with Crippen molar-refractivity contribution in [3.05, 3.63) is 29.8 Å². The third-order valence-electron chi connectivity index (χ3n) is 1.72. The summed E-state index contributed by atoms with van der Waals surface area (Å²) < 4.78 is 5.04. The largest absolute Gasteiger partial charge is 0.497 e. The molecule has 3 heteroatoms. The Bertz CT molecular complexity index is 233. The lowest BCUT2D eigenvalue weighted by molar-refractivity contribution is 0.414. The number of nitrogens with two attached hydrogens (primary N) is 1. The lowest BCUT2D eigenvalue weighted by Crippen LogP contribution is -2.17. The summed E-state index contributed by atoms with van der Waals surface area (Å²) in [6.07, 6.45) is 0.921. The van der Waals surface area contributed by atoms with E-state index in [9.17, 15) is 0 Å². The lowest BCUT2D eigenvalue weighted by Gasteiger charge is -2.05. The summed E-state index contributed by atoms with van der Waals surface area (Å²) >= 11 is 0. The third-order valence-corrected chi connectivity index (χ3v) is 1.72. The van der Waals surface area contributed by atoms with Gasteiger partial charge in [0.15, 0.2) is 0 Å². The number of ether oxygens (including phenoxy) is 1. The minimum Gasteiger partial charge on any atom is -0.497 e. The SMILES string of the molecule is COc1ccc(C[C@@H](C)N)cc1.Cl. The Kier molecular flexibility index (Phi) is 5.51. The van der Waals surface area contributed by atoms with E-state index < -0.39 is 0 Å². The van der Waals surface area contributed by atoms with E-state index in [2.05, 4.69) is 0 Å². The van der Waals surface area contributed by atoms with Gasteiger partial charge < -0.3 is 10.5 Å². The molecular weight excluding hydrogens is 186 g/mol. The van der Waals surface area contributed by atoms with Crippen LogP contribution in [0.2, 0.25) is 0 Å². The van der Waals surface area contributed by atoms with Crippen LogP contribution in [0.25, 0.3) is 0 Å². The summed E-state index contributed by atoms with van der Waals surface area (Å²) in [4.78, 5) is 0. The van der Waals surface area contributed by atoms with Gasteiger partial charge in [-0.3, -0.25) is 0 Å². The van der Waals surface area contributed by atoms with Crippen LogP contribution < -0.4 is 10.5 Å². The fourth-order valence-corrected chi connectivity index (χ4v) is 1.13. The van der Waals surface area contributed by atoms with Gasteiger partial charge in [-0.2, -0.15) is 0 Å². The molecule has 0 aromatic heterocycles. The first-order valence-corrected chi connectivity index (χ1v) is 4.11. The Morgan fingerprint density at radius 1 is 1.31 bits per heavy atom. The average molecular weight is 202 g/mol. The highest BCUT2D eigenvalue weighted by molar-refractivity contribution is 5.85. The number of halogens is 1. The second-order valence-corrected chi connectivity index (χ2v) is 3.03. The minimum atomic E-state index is 0. The molecule has 0 aliphatic heterocycles. The Morgan fingerprint density at radius 2 is 1.85 bits per heavy atom. The van der Waals surface area contributed by atoms with Gasteiger partial charge in [0.2, 0.25) is 0 Å². The minimum absolute atomic E-state index is 0. The molecule has 0 bridgehead atoms. The van der Waals surface area contributed by atoms with Gasteiger partial charge in [-0.15, -0.1) is 12.4 Å². The molecule has 0 aliphatic carbocycles. The van der Waals surface area contributed by atoms with Gasteiger partial charge in [-0.25, -0.2) is 0 Å². The van der Waals surface area contributed by atoms with Gasteiger partial charge in [0.05, 0.1) is 7.11 Å². The Balaban J connectivity index is 0.00000144. The van der Waals surface area contributed by atoms with Gasteiger partial charge in [0.1, 0.15) is 5.75 Å². The Morgan fingerprint density at radius 3 is 2.23 bits per heavy atom.